The molecule has 106 valence electrons. The van der Waals surface area contributed by atoms with Crippen molar-refractivity contribution in [2.45, 2.75) is 44.6 Å². The minimum Gasteiger partial charge on any atom is -0.370 e. The quantitative estimate of drug-likeness (QED) is 0.773. The number of nitrogens with two attached hydrogens (primary N) is 2. The van der Waals surface area contributed by atoms with Gasteiger partial charge in [0.05, 0.1) is 12.5 Å². The van der Waals surface area contributed by atoms with Crippen LogP contribution in [-0.4, -0.2) is 36.3 Å². The van der Waals surface area contributed by atoms with Gasteiger partial charge >= 0.3 is 0 Å². The van der Waals surface area contributed by atoms with Crippen molar-refractivity contribution in [1.82, 2.24) is 4.90 Å². The van der Waals surface area contributed by atoms with Crippen molar-refractivity contribution >= 4 is 24.2 Å². The van der Waals surface area contributed by atoms with Gasteiger partial charge in [-0.25, -0.2) is 0 Å². The van der Waals surface area contributed by atoms with E-state index in [1.54, 1.807) is 11.9 Å². The largest absolute Gasteiger partial charge is 0.370 e. The number of hydrogen-bond acceptors (Lipinski definition) is 3. The predicted molar refractivity (Wildman–Crippen MR) is 73.2 cm³/mol. The number of amides is 2. The number of primary amides is 1. The summed E-state index contributed by atoms with van der Waals surface area (Å²) in [5, 5.41) is 0. The Morgan fingerprint density at radius 2 is 1.83 bits per heavy atom. The number of carbonyl (C=O) groups is 2. The van der Waals surface area contributed by atoms with Gasteiger partial charge in [0.2, 0.25) is 11.8 Å². The van der Waals surface area contributed by atoms with Gasteiger partial charge in [-0.05, 0) is 18.8 Å². The fourth-order valence-corrected chi connectivity index (χ4v) is 2.43. The molecule has 0 aromatic rings. The summed E-state index contributed by atoms with van der Waals surface area (Å²) >= 11 is 0. The first-order valence-corrected chi connectivity index (χ1v) is 6.29. The Morgan fingerprint density at radius 1 is 1.28 bits per heavy atom. The first-order valence-electron chi connectivity index (χ1n) is 6.29. The number of carbonyl (C=O) groups excluding carboxylic acids is 2. The third-order valence-electron chi connectivity index (χ3n) is 3.37. The van der Waals surface area contributed by atoms with E-state index in [0.29, 0.717) is 5.92 Å². The molecule has 0 aliphatic heterocycles. The molecule has 0 aromatic heterocycles. The van der Waals surface area contributed by atoms with Crippen LogP contribution in [0.3, 0.4) is 0 Å². The molecule has 6 heteroatoms. The van der Waals surface area contributed by atoms with Crippen molar-refractivity contribution in [3.05, 3.63) is 0 Å². The van der Waals surface area contributed by atoms with Crippen molar-refractivity contribution in [3.63, 3.8) is 0 Å². The molecular formula is C12H24ClN3O2. The lowest BCUT2D eigenvalue weighted by molar-refractivity contribution is -0.134. The van der Waals surface area contributed by atoms with Crippen molar-refractivity contribution in [2.24, 2.45) is 17.4 Å². The highest BCUT2D eigenvalue weighted by Gasteiger charge is 2.23. The highest BCUT2D eigenvalue weighted by atomic mass is 35.5. The molecule has 1 saturated carbocycles. The molecule has 1 atom stereocenters. The molecule has 1 unspecified atom stereocenters. The summed E-state index contributed by atoms with van der Waals surface area (Å²) in [5.74, 6) is -0.134. The molecular weight excluding hydrogens is 254 g/mol. The lowest BCUT2D eigenvalue weighted by Gasteiger charge is -2.28. The van der Waals surface area contributed by atoms with Crippen molar-refractivity contribution < 1.29 is 9.59 Å². The molecule has 1 aliphatic rings. The highest BCUT2D eigenvalue weighted by molar-refractivity contribution is 5.87. The maximum atomic E-state index is 11.8. The van der Waals surface area contributed by atoms with E-state index in [9.17, 15) is 9.59 Å². The molecule has 18 heavy (non-hydrogen) atoms. The zero-order valence-electron chi connectivity index (χ0n) is 10.9. The van der Waals surface area contributed by atoms with Gasteiger partial charge in [0.15, 0.2) is 0 Å². The molecule has 2 amide bonds. The van der Waals surface area contributed by atoms with E-state index in [1.165, 1.54) is 32.1 Å². The molecule has 1 rings (SSSR count). The monoisotopic (exact) mass is 277 g/mol. The molecule has 5 nitrogen and oxygen atoms in total. The summed E-state index contributed by atoms with van der Waals surface area (Å²) in [6, 6.07) is -0.791. The van der Waals surface area contributed by atoms with Crippen LogP contribution in [-0.2, 0) is 9.59 Å². The minimum absolute atomic E-state index is 0. The van der Waals surface area contributed by atoms with Crippen LogP contribution in [0.2, 0.25) is 0 Å². The SMILES string of the molecule is CN(CC1CCCCC1)C(=O)C(N)CC(N)=O.Cl. The average Bonchev–Trinajstić information content (AvgIpc) is 2.28. The van der Waals surface area contributed by atoms with Crippen LogP contribution in [0.15, 0.2) is 0 Å². The van der Waals surface area contributed by atoms with E-state index >= 15 is 0 Å². The van der Waals surface area contributed by atoms with Gasteiger partial charge in [-0.15, -0.1) is 12.4 Å². The molecule has 4 N–H and O–H groups in total. The Morgan fingerprint density at radius 3 is 2.33 bits per heavy atom. The third-order valence-corrected chi connectivity index (χ3v) is 3.37. The predicted octanol–water partition coefficient (Wildman–Crippen LogP) is 0.650. The summed E-state index contributed by atoms with van der Waals surface area (Å²) in [5.41, 5.74) is 10.7. The zero-order chi connectivity index (χ0) is 12.8. The maximum Gasteiger partial charge on any atom is 0.239 e. The standard InChI is InChI=1S/C12H23N3O2.ClH/c1-15(8-9-5-3-2-4-6-9)12(17)10(13)7-11(14)16;/h9-10H,2-8,13H2,1H3,(H2,14,16);1H. The lowest BCUT2D eigenvalue weighted by atomic mass is 9.89. The van der Waals surface area contributed by atoms with Gasteiger partial charge in [0.1, 0.15) is 0 Å². The molecule has 0 aromatic carbocycles. The number of nitrogens with zero attached hydrogens (tertiary/aromatic N) is 1. The zero-order valence-corrected chi connectivity index (χ0v) is 11.7. The fourth-order valence-electron chi connectivity index (χ4n) is 2.43. The van der Waals surface area contributed by atoms with Gasteiger partial charge < -0.3 is 16.4 Å². The molecule has 0 saturated heterocycles. The Kier molecular flexibility index (Phi) is 7.95. The Labute approximate surface area is 115 Å². The van der Waals surface area contributed by atoms with Crippen LogP contribution in [0, 0.1) is 5.92 Å². The van der Waals surface area contributed by atoms with E-state index in [4.69, 9.17) is 11.5 Å². The van der Waals surface area contributed by atoms with E-state index in [-0.39, 0.29) is 24.7 Å². The number of hydrogen-bond donors (Lipinski definition) is 2. The molecule has 0 spiro atoms. The van der Waals surface area contributed by atoms with Crippen molar-refractivity contribution in [1.29, 1.82) is 0 Å². The van der Waals surface area contributed by atoms with E-state index in [0.717, 1.165) is 6.54 Å². The molecule has 1 aliphatic carbocycles. The van der Waals surface area contributed by atoms with Gasteiger partial charge in [0.25, 0.3) is 0 Å². The first-order chi connectivity index (χ1) is 8.00. The third kappa shape index (κ3) is 5.69. The van der Waals surface area contributed by atoms with Crippen molar-refractivity contribution in [2.75, 3.05) is 13.6 Å². The van der Waals surface area contributed by atoms with Crippen molar-refractivity contribution in [3.8, 4) is 0 Å². The first kappa shape index (κ1) is 17.2. The number of rotatable bonds is 5. The summed E-state index contributed by atoms with van der Waals surface area (Å²) in [4.78, 5) is 24.2. The Balaban J connectivity index is 0.00000289. The van der Waals surface area contributed by atoms with Crippen LogP contribution in [0.1, 0.15) is 38.5 Å². The number of likely N-dealkylation sites (N-methyl/N-ethyl adjacent to an activating group) is 1. The lowest BCUT2D eigenvalue weighted by Crippen LogP contribution is -2.45. The second kappa shape index (κ2) is 8.32. The van der Waals surface area contributed by atoms with Crippen LogP contribution in [0.5, 0.6) is 0 Å². The van der Waals surface area contributed by atoms with Crippen LogP contribution in [0.4, 0.5) is 0 Å². The second-order valence-electron chi connectivity index (χ2n) is 5.00. The van der Waals surface area contributed by atoms with E-state index in [1.807, 2.05) is 0 Å². The fraction of sp³-hybridized carbons (Fsp3) is 0.833. The highest BCUT2D eigenvalue weighted by Crippen LogP contribution is 2.24. The van der Waals surface area contributed by atoms with E-state index in [2.05, 4.69) is 0 Å². The minimum atomic E-state index is -0.791. The van der Waals surface area contributed by atoms with Gasteiger partial charge in [0, 0.05) is 13.6 Å². The second-order valence-corrected chi connectivity index (χ2v) is 5.00. The molecule has 0 radical (unpaired) electrons. The normalized spacial score (nSPS) is 17.7. The molecule has 0 heterocycles. The van der Waals surface area contributed by atoms with Crippen LogP contribution < -0.4 is 11.5 Å². The summed E-state index contributed by atoms with van der Waals surface area (Å²) in [6.45, 7) is 0.741. The Hall–Kier alpha value is -0.810. The van der Waals surface area contributed by atoms with Gasteiger partial charge in [-0.1, -0.05) is 19.3 Å². The van der Waals surface area contributed by atoms with Gasteiger partial charge in [-0.2, -0.15) is 0 Å². The summed E-state index contributed by atoms with van der Waals surface area (Å²) in [6.07, 6.45) is 6.09. The summed E-state index contributed by atoms with van der Waals surface area (Å²) < 4.78 is 0. The van der Waals surface area contributed by atoms with Crippen LogP contribution >= 0.6 is 12.4 Å². The topological polar surface area (TPSA) is 89.4 Å². The molecule has 0 bridgehead atoms. The number of halogens is 1. The smallest absolute Gasteiger partial charge is 0.239 e. The van der Waals surface area contributed by atoms with Crippen LogP contribution in [0.25, 0.3) is 0 Å². The van der Waals surface area contributed by atoms with E-state index < -0.39 is 11.9 Å². The Bertz CT molecular complexity index is 280. The summed E-state index contributed by atoms with van der Waals surface area (Å²) in [7, 11) is 1.75. The molecule has 1 fully saturated rings. The van der Waals surface area contributed by atoms with Gasteiger partial charge in [-0.3, -0.25) is 9.59 Å². The average molecular weight is 278 g/mol. The maximum absolute atomic E-state index is 11.8.